The Morgan fingerprint density at radius 1 is 0.911 bits per heavy atom. The average Bonchev–Trinajstić information content (AvgIpc) is 3.60. The Labute approximate surface area is 267 Å². The monoisotopic (exact) mass is 628 g/mol. The van der Waals surface area contributed by atoms with Crippen molar-refractivity contribution in [1.29, 1.82) is 0 Å². The van der Waals surface area contributed by atoms with Crippen LogP contribution in [-0.4, -0.2) is 50.9 Å². The van der Waals surface area contributed by atoms with Crippen LogP contribution in [0.2, 0.25) is 0 Å². The van der Waals surface area contributed by atoms with Crippen molar-refractivity contribution in [3.63, 3.8) is 0 Å². The van der Waals surface area contributed by atoms with Crippen molar-refractivity contribution in [3.8, 4) is 22.5 Å². The molecule has 1 aliphatic carbocycles. The number of anilines is 2. The number of imide groups is 1. The van der Waals surface area contributed by atoms with Crippen LogP contribution in [0.25, 0.3) is 22.5 Å². The summed E-state index contributed by atoms with van der Waals surface area (Å²) in [7, 11) is 0. The van der Waals surface area contributed by atoms with E-state index >= 15 is 0 Å². The highest BCUT2D eigenvalue weighted by atomic mass is 35.5. The van der Waals surface area contributed by atoms with E-state index in [4.69, 9.17) is 11.5 Å². The Morgan fingerprint density at radius 3 is 2.27 bits per heavy atom. The van der Waals surface area contributed by atoms with Crippen molar-refractivity contribution >= 4 is 41.5 Å². The van der Waals surface area contributed by atoms with E-state index in [-0.39, 0.29) is 36.6 Å². The quantitative estimate of drug-likeness (QED) is 0.226. The number of carbonyl (C=O) groups excluding carboxylic acids is 3. The van der Waals surface area contributed by atoms with Gasteiger partial charge < -0.3 is 16.8 Å². The third-order valence-corrected chi connectivity index (χ3v) is 8.76. The molecule has 6 rings (SSSR count). The second-order valence-corrected chi connectivity index (χ2v) is 11.7. The number of fused-ring (bicyclic) bond motifs is 1. The molecule has 234 valence electrons. The number of aromatic amines is 1. The number of halogens is 1. The third-order valence-electron chi connectivity index (χ3n) is 8.76. The van der Waals surface area contributed by atoms with E-state index in [9.17, 15) is 14.4 Å². The molecule has 1 atom stereocenters. The van der Waals surface area contributed by atoms with Crippen LogP contribution in [0.4, 0.5) is 11.4 Å². The maximum Gasteiger partial charge on any atom is 0.251 e. The molecular weight excluding hydrogens is 592 g/mol. The Balaban J connectivity index is 0.00000400. The summed E-state index contributed by atoms with van der Waals surface area (Å²) in [5, 5.41) is 17.0. The van der Waals surface area contributed by atoms with E-state index in [1.165, 1.54) is 4.90 Å². The van der Waals surface area contributed by atoms with E-state index < -0.39 is 11.9 Å². The molecular formula is C33H37ClN8O3. The first-order chi connectivity index (χ1) is 21.4. The highest BCUT2D eigenvalue weighted by molar-refractivity contribution is 6.17. The Morgan fingerprint density at radius 2 is 1.60 bits per heavy atom. The number of amides is 3. The largest absolute Gasteiger partial charge is 0.330 e. The number of nitrogens with zero attached hydrogens (tertiary/aromatic N) is 4. The number of rotatable bonds is 8. The number of carbonyl (C=O) groups is 3. The molecule has 0 saturated heterocycles. The van der Waals surface area contributed by atoms with E-state index in [1.807, 2.05) is 30.3 Å². The van der Waals surface area contributed by atoms with Crippen molar-refractivity contribution in [2.75, 3.05) is 16.8 Å². The van der Waals surface area contributed by atoms with Crippen molar-refractivity contribution in [2.24, 2.45) is 23.3 Å². The highest BCUT2D eigenvalue weighted by Crippen LogP contribution is 2.32. The Bertz CT molecular complexity index is 1640. The number of H-pyrrole nitrogens is 1. The van der Waals surface area contributed by atoms with Gasteiger partial charge in [-0.3, -0.25) is 14.4 Å². The minimum absolute atomic E-state index is 0. The summed E-state index contributed by atoms with van der Waals surface area (Å²) in [6.07, 6.45) is 4.61. The first kappa shape index (κ1) is 32.0. The molecule has 2 aliphatic rings. The van der Waals surface area contributed by atoms with E-state index in [2.05, 4.69) is 38.1 Å². The van der Waals surface area contributed by atoms with Crippen molar-refractivity contribution in [2.45, 2.75) is 51.0 Å². The lowest BCUT2D eigenvalue weighted by molar-refractivity contribution is -0.130. The molecule has 4 aromatic rings. The smallest absolute Gasteiger partial charge is 0.251 e. The van der Waals surface area contributed by atoms with Gasteiger partial charge in [-0.1, -0.05) is 36.4 Å². The minimum Gasteiger partial charge on any atom is -0.330 e. The van der Waals surface area contributed by atoms with Gasteiger partial charge in [0.2, 0.25) is 17.6 Å². The fraction of sp³-hybridized carbons (Fsp3) is 0.333. The maximum atomic E-state index is 13.9. The van der Waals surface area contributed by atoms with Gasteiger partial charge in [-0.25, -0.2) is 4.90 Å². The molecule has 1 aliphatic heterocycles. The van der Waals surface area contributed by atoms with Gasteiger partial charge in [0.05, 0.1) is 11.7 Å². The van der Waals surface area contributed by atoms with Crippen LogP contribution in [0.1, 0.15) is 43.2 Å². The van der Waals surface area contributed by atoms with Crippen LogP contribution < -0.4 is 21.7 Å². The predicted molar refractivity (Wildman–Crippen MR) is 174 cm³/mol. The van der Waals surface area contributed by atoms with E-state index in [0.717, 1.165) is 47.2 Å². The first-order valence-electron chi connectivity index (χ1n) is 15.1. The molecule has 0 spiro atoms. The average molecular weight is 629 g/mol. The molecule has 0 bridgehead atoms. The summed E-state index contributed by atoms with van der Waals surface area (Å²) in [6, 6.07) is 20.0. The van der Waals surface area contributed by atoms with Gasteiger partial charge >= 0.3 is 0 Å². The third kappa shape index (κ3) is 7.11. The second-order valence-electron chi connectivity index (χ2n) is 11.7. The molecule has 1 saturated carbocycles. The molecule has 2 heterocycles. The molecule has 12 heteroatoms. The van der Waals surface area contributed by atoms with Crippen molar-refractivity contribution in [1.82, 2.24) is 20.6 Å². The van der Waals surface area contributed by atoms with Crippen LogP contribution in [0.3, 0.4) is 0 Å². The maximum absolute atomic E-state index is 13.9. The second kappa shape index (κ2) is 14.1. The lowest BCUT2D eigenvalue weighted by Crippen LogP contribution is -2.50. The number of aryl methyl sites for hydroxylation is 1. The Kier molecular flexibility index (Phi) is 10.0. The summed E-state index contributed by atoms with van der Waals surface area (Å²) in [5.41, 5.74) is 18.4. The van der Waals surface area contributed by atoms with Crippen LogP contribution in [0.5, 0.6) is 0 Å². The van der Waals surface area contributed by atoms with Crippen molar-refractivity contribution < 1.29 is 14.4 Å². The van der Waals surface area contributed by atoms with E-state index in [0.29, 0.717) is 48.8 Å². The molecule has 1 fully saturated rings. The number of hydrogen-bond acceptors (Lipinski definition) is 8. The van der Waals surface area contributed by atoms with Crippen LogP contribution >= 0.6 is 12.4 Å². The minimum atomic E-state index is -0.930. The predicted octanol–water partition coefficient (Wildman–Crippen LogP) is 4.03. The summed E-state index contributed by atoms with van der Waals surface area (Å²) < 4.78 is 0. The van der Waals surface area contributed by atoms with Crippen LogP contribution in [0, 0.1) is 11.8 Å². The lowest BCUT2D eigenvalue weighted by atomic mass is 9.81. The molecule has 1 aromatic heterocycles. The number of nitrogens with one attached hydrogen (secondary N) is 2. The molecule has 0 radical (unpaired) electrons. The molecule has 0 unspecified atom stereocenters. The molecule has 6 N–H and O–H groups in total. The zero-order valence-corrected chi connectivity index (χ0v) is 25.6. The normalized spacial score (nSPS) is 18.2. The van der Waals surface area contributed by atoms with Gasteiger partial charge in [-0.15, -0.1) is 22.6 Å². The van der Waals surface area contributed by atoms with Gasteiger partial charge in [0, 0.05) is 23.6 Å². The van der Waals surface area contributed by atoms with Crippen molar-refractivity contribution in [3.05, 3.63) is 77.9 Å². The summed E-state index contributed by atoms with van der Waals surface area (Å²) in [4.78, 5) is 40.9. The fourth-order valence-electron chi connectivity index (χ4n) is 6.13. The fourth-order valence-corrected chi connectivity index (χ4v) is 6.13. The number of aromatic nitrogens is 4. The van der Waals surface area contributed by atoms with Gasteiger partial charge in [0.15, 0.2) is 0 Å². The lowest BCUT2D eigenvalue weighted by Gasteiger charge is -2.32. The number of benzene rings is 3. The van der Waals surface area contributed by atoms with Gasteiger partial charge in [0.1, 0.15) is 0 Å². The molecule has 11 nitrogen and oxygen atoms in total. The zero-order valence-electron chi connectivity index (χ0n) is 24.8. The SMILES string of the molecule is Cl.NCC1CCC(C(=O)N(C(=O)[C@@H](N)Cc2ccc(-c3ccc4c(c3)NC(=O)CC4)cc2)c2ccc(-c3nn[nH]n3)cc2)CC1. The van der Waals surface area contributed by atoms with Gasteiger partial charge in [0.25, 0.3) is 5.91 Å². The highest BCUT2D eigenvalue weighted by Gasteiger charge is 2.35. The standard InChI is InChI=1S/C33H36N8O3.ClH/c34-19-21-3-7-25(8-4-21)32(43)41(27-14-11-24(12-15-27)31-37-39-40-38-31)33(44)28(35)17-20-1-5-22(6-2-20)26-10-9-23-13-16-30(42)36-29(23)18-26;/h1-2,5-6,9-12,14-15,18,21,25,28H,3-4,7-8,13,16-17,19,34-35H2,(H,36,42)(H,37,38,39,40);1H/t21?,25?,28-;/m0./s1. The van der Waals surface area contributed by atoms with Crippen LogP contribution in [0.15, 0.2) is 66.7 Å². The number of nitrogens with two attached hydrogens (primary N) is 2. The van der Waals surface area contributed by atoms with Gasteiger partial charge in [-0.05, 0) is 109 Å². The number of hydrogen-bond donors (Lipinski definition) is 4. The summed E-state index contributed by atoms with van der Waals surface area (Å²) >= 11 is 0. The van der Waals surface area contributed by atoms with E-state index in [1.54, 1.807) is 24.3 Å². The van der Waals surface area contributed by atoms with Crippen LogP contribution in [-0.2, 0) is 27.2 Å². The summed E-state index contributed by atoms with van der Waals surface area (Å²) in [6.45, 7) is 0.605. The molecule has 3 aromatic carbocycles. The molecule has 3 amide bonds. The summed E-state index contributed by atoms with van der Waals surface area (Å²) in [5.74, 6) is -0.0985. The number of tetrazole rings is 1. The molecule has 45 heavy (non-hydrogen) atoms. The Hall–Kier alpha value is -4.45. The van der Waals surface area contributed by atoms with Gasteiger partial charge in [-0.2, -0.15) is 5.21 Å². The topological polar surface area (TPSA) is 173 Å². The zero-order chi connectivity index (χ0) is 30.6. The first-order valence-corrected chi connectivity index (χ1v) is 15.1.